The fourth-order valence-corrected chi connectivity index (χ4v) is 5.82. The van der Waals surface area contributed by atoms with Gasteiger partial charge in [-0.15, -0.1) is 0 Å². The first kappa shape index (κ1) is 19.8. The second kappa shape index (κ2) is 8.36. The van der Waals surface area contributed by atoms with Gasteiger partial charge in [-0.2, -0.15) is 15.6 Å². The smallest absolute Gasteiger partial charge is 0.276 e. The summed E-state index contributed by atoms with van der Waals surface area (Å²) in [6, 6.07) is 9.36. The Hall–Kier alpha value is -1.98. The van der Waals surface area contributed by atoms with E-state index < -0.39 is 22.0 Å². The number of hydrogen-bond acceptors (Lipinski definition) is 7. The van der Waals surface area contributed by atoms with E-state index in [-0.39, 0.29) is 29.7 Å². The third-order valence-corrected chi connectivity index (χ3v) is 7.24. The van der Waals surface area contributed by atoms with E-state index in [1.807, 2.05) is 30.3 Å². The van der Waals surface area contributed by atoms with E-state index >= 15 is 0 Å². The minimum Gasteiger partial charge on any atom is -0.490 e. The third-order valence-electron chi connectivity index (χ3n) is 4.37. The number of piperidine rings is 1. The first-order chi connectivity index (χ1) is 12.9. The van der Waals surface area contributed by atoms with E-state index in [4.69, 9.17) is 9.94 Å². The van der Waals surface area contributed by atoms with Gasteiger partial charge in [0.05, 0.1) is 4.90 Å². The van der Waals surface area contributed by atoms with Gasteiger partial charge in [-0.1, -0.05) is 18.2 Å². The molecule has 1 atom stereocenters. The van der Waals surface area contributed by atoms with Gasteiger partial charge in [0, 0.05) is 24.0 Å². The van der Waals surface area contributed by atoms with Crippen LogP contribution in [0.3, 0.4) is 0 Å². The van der Waals surface area contributed by atoms with Gasteiger partial charge in [0.1, 0.15) is 11.9 Å². The van der Waals surface area contributed by atoms with Crippen molar-refractivity contribution in [2.45, 2.75) is 29.9 Å². The van der Waals surface area contributed by atoms with Gasteiger partial charge in [0.15, 0.2) is 6.10 Å². The molecule has 1 aliphatic heterocycles. The molecule has 1 amide bonds. The number of sulfonamides is 1. The molecule has 0 radical (unpaired) electrons. The van der Waals surface area contributed by atoms with Gasteiger partial charge in [0.25, 0.3) is 5.91 Å². The van der Waals surface area contributed by atoms with Crippen LogP contribution < -0.4 is 10.2 Å². The van der Waals surface area contributed by atoms with Crippen molar-refractivity contribution in [3.63, 3.8) is 0 Å². The Bertz CT molecular complexity index is 876. The predicted molar refractivity (Wildman–Crippen MR) is 98.1 cm³/mol. The molecular formula is C17H20N2O6S2. The fraction of sp³-hybridized carbons (Fsp3) is 0.353. The summed E-state index contributed by atoms with van der Waals surface area (Å²) in [6.07, 6.45) is -0.767. The Kier molecular flexibility index (Phi) is 6.12. The molecule has 0 spiro atoms. The van der Waals surface area contributed by atoms with Crippen LogP contribution in [0.25, 0.3) is 0 Å². The molecule has 1 aromatic heterocycles. The first-order valence-electron chi connectivity index (χ1n) is 8.33. The Balaban J connectivity index is 1.69. The number of aliphatic hydroxyl groups is 1. The molecule has 1 saturated heterocycles. The van der Waals surface area contributed by atoms with Crippen LogP contribution in [0.4, 0.5) is 0 Å². The Morgan fingerprint density at radius 1 is 1.22 bits per heavy atom. The molecule has 2 heterocycles. The lowest BCUT2D eigenvalue weighted by molar-refractivity contribution is -0.138. The lowest BCUT2D eigenvalue weighted by atomic mass is 10.1. The van der Waals surface area contributed by atoms with Crippen molar-refractivity contribution in [3.05, 3.63) is 46.7 Å². The lowest BCUT2D eigenvalue weighted by Crippen LogP contribution is -2.42. The number of hydroxylamine groups is 1. The summed E-state index contributed by atoms with van der Waals surface area (Å²) in [6.45, 7) is 0.550. The highest BCUT2D eigenvalue weighted by atomic mass is 32.2. The summed E-state index contributed by atoms with van der Waals surface area (Å²) >= 11 is 1.06. The highest BCUT2D eigenvalue weighted by molar-refractivity contribution is 7.89. The molecule has 10 heteroatoms. The predicted octanol–water partition coefficient (Wildman–Crippen LogP) is 1.52. The van der Waals surface area contributed by atoms with E-state index in [0.29, 0.717) is 12.8 Å². The zero-order chi connectivity index (χ0) is 19.4. The zero-order valence-corrected chi connectivity index (χ0v) is 15.9. The van der Waals surface area contributed by atoms with Crippen LogP contribution in [-0.2, 0) is 14.8 Å². The SMILES string of the molecule is O=C(NO)C(O)c1cscc1S(=O)(=O)N1CCC(Oc2ccccc2)CC1. The normalized spacial score (nSPS) is 17.4. The van der Waals surface area contributed by atoms with Crippen LogP contribution in [0, 0.1) is 0 Å². The highest BCUT2D eigenvalue weighted by Crippen LogP contribution is 2.31. The minimum absolute atomic E-state index is 0.0470. The molecule has 1 unspecified atom stereocenters. The van der Waals surface area contributed by atoms with E-state index in [0.717, 1.165) is 17.1 Å². The summed E-state index contributed by atoms with van der Waals surface area (Å²) in [4.78, 5) is 11.3. The van der Waals surface area contributed by atoms with Crippen LogP contribution in [0.15, 0.2) is 46.0 Å². The summed E-state index contributed by atoms with van der Waals surface area (Å²) in [5, 5.41) is 21.4. The Morgan fingerprint density at radius 3 is 2.52 bits per heavy atom. The van der Waals surface area contributed by atoms with Crippen molar-refractivity contribution in [1.82, 2.24) is 9.79 Å². The lowest BCUT2D eigenvalue weighted by Gasteiger charge is -2.31. The Morgan fingerprint density at radius 2 is 1.89 bits per heavy atom. The molecule has 0 aliphatic carbocycles. The number of hydrogen-bond donors (Lipinski definition) is 3. The zero-order valence-electron chi connectivity index (χ0n) is 14.3. The monoisotopic (exact) mass is 412 g/mol. The molecule has 0 bridgehead atoms. The molecule has 27 heavy (non-hydrogen) atoms. The van der Waals surface area contributed by atoms with Crippen molar-refractivity contribution < 1.29 is 28.3 Å². The number of carbonyl (C=O) groups excluding carboxylic acids is 1. The number of aliphatic hydroxyl groups excluding tert-OH is 1. The Labute approximate surface area is 161 Å². The molecule has 3 rings (SSSR count). The van der Waals surface area contributed by atoms with Gasteiger partial charge < -0.3 is 9.84 Å². The summed E-state index contributed by atoms with van der Waals surface area (Å²) < 4.78 is 33.1. The van der Waals surface area contributed by atoms with E-state index in [1.54, 1.807) is 0 Å². The van der Waals surface area contributed by atoms with Gasteiger partial charge in [-0.25, -0.2) is 13.9 Å². The standard InChI is InChI=1S/C17H20N2O6S2/c20-16(17(21)18-22)14-10-26-11-15(14)27(23,24)19-8-6-13(7-9-19)25-12-4-2-1-3-5-12/h1-5,10-11,13,16,20,22H,6-9H2,(H,18,21). The van der Waals surface area contributed by atoms with Crippen molar-refractivity contribution in [2.24, 2.45) is 0 Å². The highest BCUT2D eigenvalue weighted by Gasteiger charge is 2.34. The average molecular weight is 412 g/mol. The number of nitrogens with one attached hydrogen (secondary N) is 1. The number of amides is 1. The average Bonchev–Trinajstić information content (AvgIpc) is 3.19. The van der Waals surface area contributed by atoms with Crippen LogP contribution in [0.1, 0.15) is 24.5 Å². The molecular weight excluding hydrogens is 392 g/mol. The van der Waals surface area contributed by atoms with Crippen molar-refractivity contribution in [3.8, 4) is 5.75 Å². The number of rotatable bonds is 6. The molecule has 1 fully saturated rings. The molecule has 146 valence electrons. The molecule has 2 aromatic rings. The first-order valence-corrected chi connectivity index (χ1v) is 10.7. The van der Waals surface area contributed by atoms with Gasteiger partial charge in [-0.05, 0) is 30.4 Å². The van der Waals surface area contributed by atoms with Gasteiger partial charge in [-0.3, -0.25) is 10.0 Å². The topological polar surface area (TPSA) is 116 Å². The van der Waals surface area contributed by atoms with Crippen LogP contribution in [0.2, 0.25) is 0 Å². The van der Waals surface area contributed by atoms with Crippen LogP contribution >= 0.6 is 11.3 Å². The van der Waals surface area contributed by atoms with Crippen molar-refractivity contribution in [1.29, 1.82) is 0 Å². The molecule has 3 N–H and O–H groups in total. The maximum atomic E-state index is 12.9. The van der Waals surface area contributed by atoms with Crippen molar-refractivity contribution >= 4 is 27.3 Å². The number of thiophene rings is 1. The van der Waals surface area contributed by atoms with Crippen LogP contribution in [0.5, 0.6) is 5.75 Å². The number of benzene rings is 1. The second-order valence-corrected chi connectivity index (χ2v) is 8.75. The summed E-state index contributed by atoms with van der Waals surface area (Å²) in [7, 11) is -3.87. The van der Waals surface area contributed by atoms with Crippen LogP contribution in [-0.4, -0.2) is 48.1 Å². The largest absolute Gasteiger partial charge is 0.490 e. The number of para-hydroxylation sites is 1. The van der Waals surface area contributed by atoms with E-state index in [2.05, 4.69) is 0 Å². The minimum atomic E-state index is -3.87. The summed E-state index contributed by atoms with van der Waals surface area (Å²) in [5.74, 6) is -0.336. The molecule has 8 nitrogen and oxygen atoms in total. The second-order valence-electron chi connectivity index (χ2n) is 6.10. The number of ether oxygens (including phenoxy) is 1. The summed E-state index contributed by atoms with van der Waals surface area (Å²) in [5.41, 5.74) is 1.28. The van der Waals surface area contributed by atoms with Crippen molar-refractivity contribution in [2.75, 3.05) is 13.1 Å². The van der Waals surface area contributed by atoms with E-state index in [1.165, 1.54) is 20.5 Å². The van der Waals surface area contributed by atoms with Gasteiger partial charge >= 0.3 is 0 Å². The van der Waals surface area contributed by atoms with Gasteiger partial charge in [0.2, 0.25) is 10.0 Å². The fourth-order valence-electron chi connectivity index (χ4n) is 2.93. The molecule has 1 aromatic carbocycles. The quantitative estimate of drug-likeness (QED) is 0.489. The maximum Gasteiger partial charge on any atom is 0.276 e. The molecule has 0 saturated carbocycles. The number of nitrogens with zero attached hydrogens (tertiary/aromatic N) is 1. The third kappa shape index (κ3) is 4.30. The number of carbonyl (C=O) groups is 1. The van der Waals surface area contributed by atoms with E-state index in [9.17, 15) is 18.3 Å². The molecule has 1 aliphatic rings. The maximum absolute atomic E-state index is 12.9.